The molecule has 1 aliphatic carbocycles. The molecule has 0 bridgehead atoms. The molecule has 0 aromatic heterocycles. The molecule has 1 amide bonds. The topological polar surface area (TPSA) is 64.3 Å². The Bertz CT molecular complexity index is 173. The first kappa shape index (κ1) is 10.5. The molecule has 3 N–H and O–H groups in total. The van der Waals surface area contributed by atoms with E-state index in [9.17, 15) is 4.79 Å². The van der Waals surface area contributed by atoms with Gasteiger partial charge in [0.2, 0.25) is 5.91 Å². The number of nitrogens with two attached hydrogens (primary N) is 1. The molecular formula is C9H18N2O2. The van der Waals surface area contributed by atoms with Crippen molar-refractivity contribution in [3.63, 3.8) is 0 Å². The van der Waals surface area contributed by atoms with Crippen LogP contribution < -0.4 is 11.1 Å². The number of rotatable bonds is 4. The molecule has 13 heavy (non-hydrogen) atoms. The first-order chi connectivity index (χ1) is 6.27. The summed E-state index contributed by atoms with van der Waals surface area (Å²) >= 11 is 0. The zero-order valence-corrected chi connectivity index (χ0v) is 8.08. The van der Waals surface area contributed by atoms with Crippen molar-refractivity contribution >= 4 is 5.91 Å². The van der Waals surface area contributed by atoms with E-state index in [4.69, 9.17) is 10.5 Å². The van der Waals surface area contributed by atoms with Gasteiger partial charge < -0.3 is 15.8 Å². The summed E-state index contributed by atoms with van der Waals surface area (Å²) in [5.74, 6) is 0.425. The molecule has 76 valence electrons. The Morgan fingerprint density at radius 1 is 1.62 bits per heavy atom. The van der Waals surface area contributed by atoms with Crippen molar-refractivity contribution in [1.82, 2.24) is 5.32 Å². The molecule has 0 heterocycles. The minimum Gasteiger partial charge on any atom is -0.375 e. The average molecular weight is 186 g/mol. The zero-order chi connectivity index (χ0) is 9.68. The second-order valence-electron chi connectivity index (χ2n) is 3.53. The minimum absolute atomic E-state index is 0.0344. The van der Waals surface area contributed by atoms with Crippen LogP contribution in [0.4, 0.5) is 0 Å². The smallest absolute Gasteiger partial charge is 0.246 e. The average Bonchev–Trinajstić information content (AvgIpc) is 2.52. The Morgan fingerprint density at radius 2 is 2.38 bits per heavy atom. The second-order valence-corrected chi connectivity index (χ2v) is 3.53. The van der Waals surface area contributed by atoms with Crippen molar-refractivity contribution in [3.05, 3.63) is 0 Å². The third-order valence-electron chi connectivity index (χ3n) is 2.58. The molecule has 0 aromatic rings. The highest BCUT2D eigenvalue weighted by Gasteiger charge is 2.26. The Balaban J connectivity index is 2.30. The molecule has 0 radical (unpaired) electrons. The second kappa shape index (κ2) is 5.19. The van der Waals surface area contributed by atoms with Crippen molar-refractivity contribution in [2.75, 3.05) is 20.3 Å². The molecule has 4 heteroatoms. The van der Waals surface area contributed by atoms with Crippen molar-refractivity contribution < 1.29 is 9.53 Å². The Kier molecular flexibility index (Phi) is 4.18. The molecule has 1 aliphatic rings. The van der Waals surface area contributed by atoms with Crippen LogP contribution in [0.1, 0.15) is 19.3 Å². The van der Waals surface area contributed by atoms with Gasteiger partial charge in [0.1, 0.15) is 6.61 Å². The van der Waals surface area contributed by atoms with E-state index in [1.807, 2.05) is 0 Å². The van der Waals surface area contributed by atoms with E-state index in [0.29, 0.717) is 12.5 Å². The van der Waals surface area contributed by atoms with Crippen molar-refractivity contribution in [2.45, 2.75) is 25.3 Å². The molecular weight excluding hydrogens is 168 g/mol. The fourth-order valence-electron chi connectivity index (χ4n) is 1.89. The maximum Gasteiger partial charge on any atom is 0.246 e. The number of hydrogen-bond acceptors (Lipinski definition) is 3. The van der Waals surface area contributed by atoms with E-state index in [0.717, 1.165) is 12.8 Å². The number of hydrogen-bond donors (Lipinski definition) is 2. The van der Waals surface area contributed by atoms with Crippen molar-refractivity contribution in [3.8, 4) is 0 Å². The van der Waals surface area contributed by atoms with E-state index in [1.54, 1.807) is 0 Å². The predicted molar refractivity (Wildman–Crippen MR) is 50.2 cm³/mol. The largest absolute Gasteiger partial charge is 0.375 e. The highest BCUT2D eigenvalue weighted by atomic mass is 16.5. The van der Waals surface area contributed by atoms with Crippen LogP contribution in [0.3, 0.4) is 0 Å². The number of carbonyl (C=O) groups is 1. The summed E-state index contributed by atoms with van der Waals surface area (Å²) in [7, 11) is 1.52. The predicted octanol–water partition coefficient (Wildman–Crippen LogP) is -0.124. The van der Waals surface area contributed by atoms with Crippen LogP contribution in [0.25, 0.3) is 0 Å². The summed E-state index contributed by atoms with van der Waals surface area (Å²) in [5.41, 5.74) is 5.59. The van der Waals surface area contributed by atoms with Crippen molar-refractivity contribution in [1.29, 1.82) is 0 Å². The minimum atomic E-state index is -0.0344. The van der Waals surface area contributed by atoms with Gasteiger partial charge in [-0.3, -0.25) is 4.79 Å². The van der Waals surface area contributed by atoms with Gasteiger partial charge in [0.05, 0.1) is 0 Å². The molecule has 0 aliphatic heterocycles. The molecule has 0 saturated heterocycles. The standard InChI is InChI=1S/C9H18N2O2/c1-13-6-9(12)11-8-4-2-3-7(8)5-10/h7-8H,2-6,10H2,1H3,(H,11,12). The summed E-state index contributed by atoms with van der Waals surface area (Å²) in [6, 6.07) is 0.271. The lowest BCUT2D eigenvalue weighted by molar-refractivity contribution is -0.125. The summed E-state index contributed by atoms with van der Waals surface area (Å²) in [6.45, 7) is 0.811. The summed E-state index contributed by atoms with van der Waals surface area (Å²) < 4.78 is 4.74. The monoisotopic (exact) mass is 186 g/mol. The molecule has 0 aromatic carbocycles. The van der Waals surface area contributed by atoms with E-state index in [2.05, 4.69) is 5.32 Å². The van der Waals surface area contributed by atoms with Crippen LogP contribution in [0.5, 0.6) is 0 Å². The SMILES string of the molecule is COCC(=O)NC1CCCC1CN. The van der Waals surface area contributed by atoms with Gasteiger partial charge in [-0.2, -0.15) is 0 Å². The molecule has 0 spiro atoms. The molecule has 2 unspecified atom stereocenters. The van der Waals surface area contributed by atoms with Crippen molar-refractivity contribution in [2.24, 2.45) is 11.7 Å². The van der Waals surface area contributed by atoms with Gasteiger partial charge in [-0.1, -0.05) is 6.42 Å². The summed E-state index contributed by atoms with van der Waals surface area (Å²) in [5, 5.41) is 2.94. The first-order valence-electron chi connectivity index (χ1n) is 4.76. The van der Waals surface area contributed by atoms with Crippen LogP contribution in [-0.2, 0) is 9.53 Å². The quantitative estimate of drug-likeness (QED) is 0.643. The maximum absolute atomic E-state index is 11.2. The third-order valence-corrected chi connectivity index (χ3v) is 2.58. The summed E-state index contributed by atoms with van der Waals surface area (Å²) in [6.07, 6.45) is 3.35. The van der Waals surface area contributed by atoms with Gasteiger partial charge >= 0.3 is 0 Å². The zero-order valence-electron chi connectivity index (χ0n) is 8.08. The normalized spacial score (nSPS) is 27.5. The van der Waals surface area contributed by atoms with Crippen LogP contribution in [-0.4, -0.2) is 32.2 Å². The van der Waals surface area contributed by atoms with Crippen LogP contribution in [0.2, 0.25) is 0 Å². The lowest BCUT2D eigenvalue weighted by Crippen LogP contribution is -2.41. The van der Waals surface area contributed by atoms with Crippen LogP contribution in [0, 0.1) is 5.92 Å². The van der Waals surface area contributed by atoms with E-state index >= 15 is 0 Å². The van der Waals surface area contributed by atoms with E-state index < -0.39 is 0 Å². The first-order valence-corrected chi connectivity index (χ1v) is 4.76. The van der Waals surface area contributed by atoms with Gasteiger partial charge in [0.15, 0.2) is 0 Å². The lowest BCUT2D eigenvalue weighted by atomic mass is 10.0. The number of carbonyl (C=O) groups excluding carboxylic acids is 1. The Labute approximate surface area is 78.8 Å². The fraction of sp³-hybridized carbons (Fsp3) is 0.889. The molecule has 1 saturated carbocycles. The highest BCUT2D eigenvalue weighted by Crippen LogP contribution is 2.24. The van der Waals surface area contributed by atoms with Gasteiger partial charge in [0, 0.05) is 13.2 Å². The van der Waals surface area contributed by atoms with Crippen LogP contribution >= 0.6 is 0 Å². The molecule has 1 rings (SSSR count). The number of nitrogens with one attached hydrogen (secondary N) is 1. The van der Waals surface area contributed by atoms with E-state index in [-0.39, 0.29) is 18.6 Å². The Hall–Kier alpha value is -0.610. The fourth-order valence-corrected chi connectivity index (χ4v) is 1.89. The Morgan fingerprint density at radius 3 is 3.00 bits per heavy atom. The molecule has 4 nitrogen and oxygen atoms in total. The number of methoxy groups -OCH3 is 1. The van der Waals surface area contributed by atoms with Crippen LogP contribution in [0.15, 0.2) is 0 Å². The van der Waals surface area contributed by atoms with Gasteiger partial charge in [-0.15, -0.1) is 0 Å². The lowest BCUT2D eigenvalue weighted by Gasteiger charge is -2.18. The highest BCUT2D eigenvalue weighted by molar-refractivity contribution is 5.77. The number of amides is 1. The van der Waals surface area contributed by atoms with Gasteiger partial charge in [-0.25, -0.2) is 0 Å². The van der Waals surface area contributed by atoms with Gasteiger partial charge in [-0.05, 0) is 25.3 Å². The molecule has 2 atom stereocenters. The third kappa shape index (κ3) is 2.97. The molecule has 1 fully saturated rings. The summed E-state index contributed by atoms with van der Waals surface area (Å²) in [4.78, 5) is 11.2. The maximum atomic E-state index is 11.2. The van der Waals surface area contributed by atoms with Gasteiger partial charge in [0.25, 0.3) is 0 Å². The van der Waals surface area contributed by atoms with E-state index in [1.165, 1.54) is 13.5 Å². The number of ether oxygens (including phenoxy) is 1.